The highest BCUT2D eigenvalue weighted by molar-refractivity contribution is 7.16. The van der Waals surface area contributed by atoms with Gasteiger partial charge in [-0.15, -0.1) is 10.2 Å². The van der Waals surface area contributed by atoms with E-state index in [-0.39, 0.29) is 0 Å². The summed E-state index contributed by atoms with van der Waals surface area (Å²) in [5, 5.41) is 14.0. The summed E-state index contributed by atoms with van der Waals surface area (Å²) in [6.45, 7) is 0.691. The van der Waals surface area contributed by atoms with E-state index in [0.29, 0.717) is 6.54 Å². The number of fused-ring (bicyclic) bond motifs is 1. The maximum absolute atomic E-state index is 5.52. The summed E-state index contributed by atoms with van der Waals surface area (Å²) in [6.07, 6.45) is 2.62. The van der Waals surface area contributed by atoms with E-state index in [1.165, 1.54) is 5.56 Å². The zero-order chi connectivity index (χ0) is 13.1. The quantitative estimate of drug-likeness (QED) is 0.767. The van der Waals surface area contributed by atoms with E-state index in [9.17, 15) is 0 Å². The fourth-order valence-electron chi connectivity index (χ4n) is 1.94. The molecule has 1 aromatic carbocycles. The van der Waals surface area contributed by atoms with Gasteiger partial charge < -0.3 is 5.73 Å². The predicted octanol–water partition coefficient (Wildman–Crippen LogP) is 1.67. The Hall–Kier alpha value is -1.79. The Morgan fingerprint density at radius 2 is 2.00 bits per heavy atom. The molecule has 0 bridgehead atoms. The highest BCUT2D eigenvalue weighted by Gasteiger charge is 2.11. The maximum atomic E-state index is 5.52. The molecule has 0 fully saturated rings. The van der Waals surface area contributed by atoms with Gasteiger partial charge in [0, 0.05) is 12.8 Å². The molecular weight excluding hydrogens is 258 g/mol. The van der Waals surface area contributed by atoms with Crippen molar-refractivity contribution < 1.29 is 0 Å². The second kappa shape index (κ2) is 5.46. The van der Waals surface area contributed by atoms with Crippen LogP contribution in [0, 0.1) is 0 Å². The Labute approximate surface area is 115 Å². The van der Waals surface area contributed by atoms with Crippen LogP contribution in [0.15, 0.2) is 30.3 Å². The summed E-state index contributed by atoms with van der Waals surface area (Å²) >= 11 is 1.59. The zero-order valence-corrected chi connectivity index (χ0v) is 11.3. The predicted molar refractivity (Wildman–Crippen MR) is 75.3 cm³/mol. The van der Waals surface area contributed by atoms with Gasteiger partial charge in [-0.3, -0.25) is 0 Å². The SMILES string of the molecule is NCCCc1nn2c(Cc3ccccc3)nnc2s1. The van der Waals surface area contributed by atoms with E-state index in [4.69, 9.17) is 5.73 Å². The van der Waals surface area contributed by atoms with Gasteiger partial charge in [0.1, 0.15) is 5.01 Å². The van der Waals surface area contributed by atoms with Crippen molar-refractivity contribution >= 4 is 16.3 Å². The smallest absolute Gasteiger partial charge is 0.234 e. The van der Waals surface area contributed by atoms with Gasteiger partial charge in [0.05, 0.1) is 0 Å². The lowest BCUT2D eigenvalue weighted by molar-refractivity contribution is 0.777. The molecule has 0 radical (unpaired) electrons. The second-order valence-electron chi connectivity index (χ2n) is 4.36. The molecule has 3 rings (SSSR count). The molecule has 0 atom stereocenters. The van der Waals surface area contributed by atoms with Gasteiger partial charge in [0.2, 0.25) is 4.96 Å². The van der Waals surface area contributed by atoms with E-state index in [1.54, 1.807) is 11.3 Å². The van der Waals surface area contributed by atoms with Crippen LogP contribution < -0.4 is 5.73 Å². The van der Waals surface area contributed by atoms with Crippen molar-refractivity contribution in [2.75, 3.05) is 6.54 Å². The summed E-state index contributed by atoms with van der Waals surface area (Å²) < 4.78 is 1.85. The van der Waals surface area contributed by atoms with Crippen LogP contribution in [-0.4, -0.2) is 26.4 Å². The fraction of sp³-hybridized carbons (Fsp3) is 0.308. The molecule has 0 aliphatic heterocycles. The Morgan fingerprint density at radius 1 is 1.16 bits per heavy atom. The number of nitrogens with zero attached hydrogens (tertiary/aromatic N) is 4. The summed E-state index contributed by atoms with van der Waals surface area (Å²) in [4.78, 5) is 0.859. The van der Waals surface area contributed by atoms with Crippen LogP contribution >= 0.6 is 11.3 Å². The minimum absolute atomic E-state index is 0.691. The first kappa shape index (κ1) is 12.3. The Morgan fingerprint density at radius 3 is 2.79 bits per heavy atom. The number of hydrogen-bond donors (Lipinski definition) is 1. The van der Waals surface area contributed by atoms with Crippen molar-refractivity contribution in [2.24, 2.45) is 5.73 Å². The van der Waals surface area contributed by atoms with E-state index < -0.39 is 0 Å². The van der Waals surface area contributed by atoms with Crippen molar-refractivity contribution in [1.82, 2.24) is 19.8 Å². The molecule has 2 heterocycles. The van der Waals surface area contributed by atoms with E-state index in [1.807, 2.05) is 22.7 Å². The number of benzene rings is 1. The van der Waals surface area contributed by atoms with E-state index in [0.717, 1.165) is 35.1 Å². The molecule has 19 heavy (non-hydrogen) atoms. The van der Waals surface area contributed by atoms with E-state index in [2.05, 4.69) is 27.4 Å². The summed E-state index contributed by atoms with van der Waals surface area (Å²) in [5.74, 6) is 0.886. The van der Waals surface area contributed by atoms with E-state index >= 15 is 0 Å². The molecule has 3 aromatic rings. The molecule has 0 saturated heterocycles. The van der Waals surface area contributed by atoms with Crippen LogP contribution in [-0.2, 0) is 12.8 Å². The zero-order valence-electron chi connectivity index (χ0n) is 10.5. The summed E-state index contributed by atoms with van der Waals surface area (Å²) in [6, 6.07) is 10.2. The van der Waals surface area contributed by atoms with Gasteiger partial charge in [-0.2, -0.15) is 9.61 Å². The lowest BCUT2D eigenvalue weighted by Crippen LogP contribution is -2.01. The number of rotatable bonds is 5. The third-order valence-electron chi connectivity index (χ3n) is 2.90. The number of nitrogens with two attached hydrogens (primary N) is 1. The van der Waals surface area contributed by atoms with Crippen molar-refractivity contribution in [3.8, 4) is 0 Å². The topological polar surface area (TPSA) is 69.1 Å². The largest absolute Gasteiger partial charge is 0.330 e. The van der Waals surface area contributed by atoms with Gasteiger partial charge in [-0.05, 0) is 18.5 Å². The number of aromatic nitrogens is 4. The normalized spacial score (nSPS) is 11.2. The molecule has 0 aliphatic carbocycles. The first-order valence-electron chi connectivity index (χ1n) is 6.31. The average Bonchev–Trinajstić information content (AvgIpc) is 2.99. The Balaban J connectivity index is 1.85. The van der Waals surface area contributed by atoms with Crippen molar-refractivity contribution in [3.05, 3.63) is 46.7 Å². The lowest BCUT2D eigenvalue weighted by atomic mass is 10.1. The molecule has 0 spiro atoms. The molecule has 0 unspecified atom stereocenters. The average molecular weight is 273 g/mol. The second-order valence-corrected chi connectivity index (χ2v) is 5.40. The molecule has 2 aromatic heterocycles. The fourth-order valence-corrected chi connectivity index (χ4v) is 2.83. The molecule has 98 valence electrons. The van der Waals surface area contributed by atoms with Crippen molar-refractivity contribution in [1.29, 1.82) is 0 Å². The Bertz CT molecular complexity index is 658. The molecule has 0 saturated carbocycles. The maximum Gasteiger partial charge on any atom is 0.234 e. The highest BCUT2D eigenvalue weighted by Crippen LogP contribution is 2.16. The number of hydrogen-bond acceptors (Lipinski definition) is 5. The van der Waals surface area contributed by atoms with Crippen LogP contribution in [0.4, 0.5) is 0 Å². The van der Waals surface area contributed by atoms with Crippen LogP contribution in [0.25, 0.3) is 4.96 Å². The molecular formula is C13H15N5S. The first-order valence-corrected chi connectivity index (χ1v) is 7.12. The summed E-state index contributed by atoms with van der Waals surface area (Å²) in [7, 11) is 0. The van der Waals surface area contributed by atoms with Crippen LogP contribution in [0.5, 0.6) is 0 Å². The third-order valence-corrected chi connectivity index (χ3v) is 3.86. The molecule has 0 amide bonds. The molecule has 5 nitrogen and oxygen atoms in total. The lowest BCUT2D eigenvalue weighted by Gasteiger charge is -1.97. The van der Waals surface area contributed by atoms with Crippen molar-refractivity contribution in [3.63, 3.8) is 0 Å². The highest BCUT2D eigenvalue weighted by atomic mass is 32.1. The standard InChI is InChI=1S/C13H15N5S/c14-8-4-7-12-17-18-11(15-16-13(18)19-12)9-10-5-2-1-3-6-10/h1-3,5-6H,4,7-9,14H2. The van der Waals surface area contributed by atoms with Crippen LogP contribution in [0.3, 0.4) is 0 Å². The molecule has 0 aliphatic rings. The van der Waals surface area contributed by atoms with Gasteiger partial charge in [0.25, 0.3) is 0 Å². The van der Waals surface area contributed by atoms with Gasteiger partial charge >= 0.3 is 0 Å². The molecule has 6 heteroatoms. The first-order chi connectivity index (χ1) is 9.36. The minimum atomic E-state index is 0.691. The van der Waals surface area contributed by atoms with Gasteiger partial charge in [0.15, 0.2) is 5.82 Å². The monoisotopic (exact) mass is 273 g/mol. The molecule has 2 N–H and O–H groups in total. The minimum Gasteiger partial charge on any atom is -0.330 e. The third kappa shape index (κ3) is 2.64. The van der Waals surface area contributed by atoms with Crippen molar-refractivity contribution in [2.45, 2.75) is 19.3 Å². The van der Waals surface area contributed by atoms with Gasteiger partial charge in [-0.25, -0.2) is 0 Å². The summed E-state index contributed by atoms with van der Waals surface area (Å²) in [5.41, 5.74) is 6.74. The number of aryl methyl sites for hydroxylation is 1. The Kier molecular flexibility index (Phi) is 3.52. The van der Waals surface area contributed by atoms with Gasteiger partial charge in [-0.1, -0.05) is 41.7 Å². The van der Waals surface area contributed by atoms with Crippen LogP contribution in [0.2, 0.25) is 0 Å². The van der Waals surface area contributed by atoms with Crippen LogP contribution in [0.1, 0.15) is 22.8 Å².